The molecule has 12 aromatic rings. The smallest absolute Gasteiger partial charge is 0.146 e. The quantitative estimate of drug-likeness (QED) is 0.132. The van der Waals surface area contributed by atoms with E-state index in [-0.39, 0.29) is 0 Å². The lowest BCUT2D eigenvalue weighted by atomic mass is 9.87. The van der Waals surface area contributed by atoms with E-state index in [1.165, 1.54) is 92.3 Å². The van der Waals surface area contributed by atoms with Crippen molar-refractivity contribution < 1.29 is 0 Å². The average molecular weight is 671 g/mol. The SMILES string of the molecule is c1cc(-c2ccc3c(c2)c2cc4ccccc4cc2c2nc4ccccc4n32)cc(-c2cc3c4ccccc4c4ccccc4c3c3ccccc23)c1. The van der Waals surface area contributed by atoms with Crippen molar-refractivity contribution in [2.75, 3.05) is 0 Å². The third kappa shape index (κ3) is 4.06. The summed E-state index contributed by atoms with van der Waals surface area (Å²) >= 11 is 0. The third-order valence-electron chi connectivity index (χ3n) is 11.5. The monoisotopic (exact) mass is 670 g/mol. The standard InChI is InChI=1S/C51H30N2/c1-2-13-33-29-46-43(27-32(33)12-1)44-28-34(24-25-48(44)53-49-23-10-9-22-47(49)52-51(46)53)31-14-11-15-35(26-31)42-30-45-38-18-4-3-16-36(38)37-17-5-7-20-40(37)50(45)41-21-8-6-19-39(41)42/h1-30H. The molecule has 10 aromatic carbocycles. The summed E-state index contributed by atoms with van der Waals surface area (Å²) in [5.41, 5.74) is 9.15. The highest BCUT2D eigenvalue weighted by Gasteiger charge is 2.17. The average Bonchev–Trinajstić information content (AvgIpc) is 3.63. The summed E-state index contributed by atoms with van der Waals surface area (Å²) in [5, 5.41) is 16.4. The molecule has 0 unspecified atom stereocenters. The van der Waals surface area contributed by atoms with Crippen molar-refractivity contribution in [3.05, 3.63) is 182 Å². The molecule has 53 heavy (non-hydrogen) atoms. The van der Waals surface area contributed by atoms with Crippen molar-refractivity contribution in [2.24, 2.45) is 0 Å². The van der Waals surface area contributed by atoms with Crippen LogP contribution in [0.25, 0.3) is 114 Å². The van der Waals surface area contributed by atoms with Crippen LogP contribution in [-0.2, 0) is 0 Å². The Balaban J connectivity index is 1.12. The van der Waals surface area contributed by atoms with E-state index in [0.717, 1.165) is 22.2 Å². The number of hydrogen-bond donors (Lipinski definition) is 0. The first-order chi connectivity index (χ1) is 26.3. The van der Waals surface area contributed by atoms with Gasteiger partial charge in [-0.25, -0.2) is 4.98 Å². The number of fused-ring (bicyclic) bond motifs is 17. The van der Waals surface area contributed by atoms with Gasteiger partial charge in [-0.1, -0.05) is 133 Å². The summed E-state index contributed by atoms with van der Waals surface area (Å²) in [6.07, 6.45) is 0. The minimum Gasteiger partial charge on any atom is -0.292 e. The zero-order chi connectivity index (χ0) is 34.6. The van der Waals surface area contributed by atoms with Crippen molar-refractivity contribution in [3.8, 4) is 22.3 Å². The molecular formula is C51H30N2. The number of pyridine rings is 1. The molecule has 0 fully saturated rings. The Hall–Kier alpha value is -7.03. The molecule has 12 rings (SSSR count). The summed E-state index contributed by atoms with van der Waals surface area (Å²) in [6, 6.07) is 66.9. The van der Waals surface area contributed by atoms with Gasteiger partial charge in [-0.05, 0) is 130 Å². The molecule has 244 valence electrons. The van der Waals surface area contributed by atoms with Crippen LogP contribution in [0.4, 0.5) is 0 Å². The molecule has 0 N–H and O–H groups in total. The summed E-state index contributed by atoms with van der Waals surface area (Å²) < 4.78 is 2.34. The van der Waals surface area contributed by atoms with Gasteiger partial charge < -0.3 is 0 Å². The van der Waals surface area contributed by atoms with Gasteiger partial charge in [0.15, 0.2) is 0 Å². The van der Waals surface area contributed by atoms with Crippen molar-refractivity contribution in [2.45, 2.75) is 0 Å². The third-order valence-corrected chi connectivity index (χ3v) is 11.5. The highest BCUT2D eigenvalue weighted by molar-refractivity contribution is 6.33. The van der Waals surface area contributed by atoms with E-state index < -0.39 is 0 Å². The topological polar surface area (TPSA) is 17.3 Å². The highest BCUT2D eigenvalue weighted by Crippen LogP contribution is 2.44. The number of hydrogen-bond acceptors (Lipinski definition) is 1. The molecule has 0 amide bonds. The Morgan fingerprint density at radius 2 is 0.906 bits per heavy atom. The largest absolute Gasteiger partial charge is 0.292 e. The Morgan fingerprint density at radius 1 is 0.321 bits per heavy atom. The van der Waals surface area contributed by atoms with Gasteiger partial charge in [0.05, 0.1) is 16.6 Å². The minimum absolute atomic E-state index is 0.998. The normalized spacial score (nSPS) is 12.2. The molecule has 2 heterocycles. The van der Waals surface area contributed by atoms with E-state index in [2.05, 4.69) is 186 Å². The molecule has 0 saturated carbocycles. The second-order valence-corrected chi connectivity index (χ2v) is 14.3. The van der Waals surface area contributed by atoms with Crippen LogP contribution in [-0.4, -0.2) is 9.38 Å². The molecule has 0 bridgehead atoms. The zero-order valence-electron chi connectivity index (χ0n) is 28.7. The number of aromatic nitrogens is 2. The van der Waals surface area contributed by atoms with Crippen LogP contribution in [0, 0.1) is 0 Å². The van der Waals surface area contributed by atoms with Crippen LogP contribution in [0.3, 0.4) is 0 Å². The van der Waals surface area contributed by atoms with Gasteiger partial charge in [-0.15, -0.1) is 0 Å². The molecule has 0 atom stereocenters. The first kappa shape index (κ1) is 28.6. The van der Waals surface area contributed by atoms with E-state index in [1.807, 2.05) is 0 Å². The van der Waals surface area contributed by atoms with Crippen LogP contribution in [0.1, 0.15) is 0 Å². The molecule has 2 heteroatoms. The molecule has 0 saturated heterocycles. The van der Waals surface area contributed by atoms with Gasteiger partial charge in [0, 0.05) is 10.8 Å². The molecule has 0 aliphatic heterocycles. The van der Waals surface area contributed by atoms with Crippen LogP contribution in [0.5, 0.6) is 0 Å². The lowest BCUT2D eigenvalue weighted by molar-refractivity contribution is 1.32. The molecule has 0 aliphatic carbocycles. The Bertz CT molecular complexity index is 3520. The molecule has 0 spiro atoms. The van der Waals surface area contributed by atoms with Crippen LogP contribution < -0.4 is 0 Å². The number of rotatable bonds is 2. The number of para-hydroxylation sites is 2. The summed E-state index contributed by atoms with van der Waals surface area (Å²) in [4.78, 5) is 5.17. The predicted octanol–water partition coefficient (Wildman–Crippen LogP) is 13.9. The van der Waals surface area contributed by atoms with Gasteiger partial charge >= 0.3 is 0 Å². The molecule has 0 aliphatic rings. The fourth-order valence-electron chi connectivity index (χ4n) is 9.10. The van der Waals surface area contributed by atoms with Crippen molar-refractivity contribution >= 4 is 92.2 Å². The predicted molar refractivity (Wildman–Crippen MR) is 226 cm³/mol. The molecule has 2 aromatic heterocycles. The van der Waals surface area contributed by atoms with Crippen LogP contribution >= 0.6 is 0 Å². The van der Waals surface area contributed by atoms with Crippen molar-refractivity contribution in [1.29, 1.82) is 0 Å². The van der Waals surface area contributed by atoms with E-state index >= 15 is 0 Å². The number of imidazole rings is 1. The summed E-state index contributed by atoms with van der Waals surface area (Å²) in [6.45, 7) is 0. The van der Waals surface area contributed by atoms with Crippen LogP contribution in [0.15, 0.2) is 182 Å². The highest BCUT2D eigenvalue weighted by atomic mass is 15.0. The summed E-state index contributed by atoms with van der Waals surface area (Å²) in [7, 11) is 0. The van der Waals surface area contributed by atoms with E-state index in [9.17, 15) is 0 Å². The molecule has 0 radical (unpaired) electrons. The first-order valence-corrected chi connectivity index (χ1v) is 18.3. The lowest BCUT2D eigenvalue weighted by Gasteiger charge is -2.17. The number of nitrogens with zero attached hydrogens (tertiary/aromatic N) is 2. The van der Waals surface area contributed by atoms with E-state index in [0.29, 0.717) is 0 Å². The maximum Gasteiger partial charge on any atom is 0.146 e. The number of benzene rings is 10. The maximum atomic E-state index is 5.17. The second-order valence-electron chi connectivity index (χ2n) is 14.3. The van der Waals surface area contributed by atoms with Crippen molar-refractivity contribution in [1.82, 2.24) is 9.38 Å². The Kier molecular flexibility index (Phi) is 5.80. The van der Waals surface area contributed by atoms with E-state index in [1.54, 1.807) is 0 Å². The van der Waals surface area contributed by atoms with E-state index in [4.69, 9.17) is 4.98 Å². The van der Waals surface area contributed by atoms with Gasteiger partial charge in [-0.2, -0.15) is 0 Å². The molecule has 2 nitrogen and oxygen atoms in total. The Morgan fingerprint density at radius 3 is 1.70 bits per heavy atom. The van der Waals surface area contributed by atoms with Gasteiger partial charge in [0.2, 0.25) is 0 Å². The fraction of sp³-hybridized carbons (Fsp3) is 0. The fourth-order valence-corrected chi connectivity index (χ4v) is 9.10. The van der Waals surface area contributed by atoms with Gasteiger partial charge in [-0.3, -0.25) is 4.40 Å². The second kappa shape index (κ2) is 10.7. The minimum atomic E-state index is 0.998. The summed E-state index contributed by atoms with van der Waals surface area (Å²) in [5.74, 6) is 0. The first-order valence-electron chi connectivity index (χ1n) is 18.3. The zero-order valence-corrected chi connectivity index (χ0v) is 28.7. The molecular weight excluding hydrogens is 641 g/mol. The van der Waals surface area contributed by atoms with Crippen molar-refractivity contribution in [3.63, 3.8) is 0 Å². The maximum absolute atomic E-state index is 5.17. The van der Waals surface area contributed by atoms with Crippen LogP contribution in [0.2, 0.25) is 0 Å². The van der Waals surface area contributed by atoms with Gasteiger partial charge in [0.25, 0.3) is 0 Å². The lowest BCUT2D eigenvalue weighted by Crippen LogP contribution is -1.93. The Labute approximate surface area is 304 Å². The van der Waals surface area contributed by atoms with Gasteiger partial charge in [0.1, 0.15) is 5.65 Å².